The Morgan fingerprint density at radius 1 is 1.00 bits per heavy atom. The molecule has 0 fully saturated rings. The Morgan fingerprint density at radius 3 is 1.90 bits per heavy atom. The minimum atomic E-state index is -0.291. The standard InChI is InChI=1S/C19H34N2/c1-6-14-21(15-7-2)18(8-3)19(20,16(4)5)17-12-10-9-11-13-17/h9-13,16,18H,6-8,14-15,20H2,1-5H3. The SMILES string of the molecule is CCCN(CCC)C(CC)C(N)(c1ccccc1)C(C)C. The Labute approximate surface area is 131 Å². The molecule has 0 radical (unpaired) electrons. The van der Waals surface area contributed by atoms with Crippen LogP contribution < -0.4 is 5.73 Å². The quantitative estimate of drug-likeness (QED) is 0.730. The molecule has 2 atom stereocenters. The zero-order valence-corrected chi connectivity index (χ0v) is 14.6. The fourth-order valence-electron chi connectivity index (χ4n) is 3.53. The Bertz CT molecular complexity index is 382. The summed E-state index contributed by atoms with van der Waals surface area (Å²) in [7, 11) is 0. The minimum Gasteiger partial charge on any atom is -0.320 e. The molecule has 2 heteroatoms. The molecule has 0 aliphatic rings. The molecule has 2 N–H and O–H groups in total. The van der Waals surface area contributed by atoms with Gasteiger partial charge in [-0.2, -0.15) is 0 Å². The van der Waals surface area contributed by atoms with E-state index in [1.165, 1.54) is 18.4 Å². The normalized spacial score (nSPS) is 16.2. The lowest BCUT2D eigenvalue weighted by Crippen LogP contribution is -2.59. The summed E-state index contributed by atoms with van der Waals surface area (Å²) < 4.78 is 0. The van der Waals surface area contributed by atoms with Crippen LogP contribution in [0.3, 0.4) is 0 Å². The molecule has 0 amide bonds. The highest BCUT2D eigenvalue weighted by atomic mass is 15.2. The molecule has 1 aromatic carbocycles. The van der Waals surface area contributed by atoms with Gasteiger partial charge in [0.05, 0.1) is 5.54 Å². The van der Waals surface area contributed by atoms with Crippen LogP contribution in [0.1, 0.15) is 59.4 Å². The van der Waals surface area contributed by atoms with Crippen LogP contribution in [0.2, 0.25) is 0 Å². The third-order valence-corrected chi connectivity index (χ3v) is 4.63. The molecule has 0 bridgehead atoms. The Kier molecular flexibility index (Phi) is 7.41. The topological polar surface area (TPSA) is 29.3 Å². The van der Waals surface area contributed by atoms with Crippen molar-refractivity contribution in [3.63, 3.8) is 0 Å². The fraction of sp³-hybridized carbons (Fsp3) is 0.684. The van der Waals surface area contributed by atoms with E-state index >= 15 is 0 Å². The average molecular weight is 290 g/mol. The number of hydrogen-bond donors (Lipinski definition) is 1. The zero-order valence-electron chi connectivity index (χ0n) is 14.6. The summed E-state index contributed by atoms with van der Waals surface area (Å²) >= 11 is 0. The molecule has 0 aliphatic heterocycles. The molecule has 21 heavy (non-hydrogen) atoms. The van der Waals surface area contributed by atoms with Gasteiger partial charge in [0.2, 0.25) is 0 Å². The first-order chi connectivity index (χ1) is 10.0. The molecule has 0 aliphatic carbocycles. The summed E-state index contributed by atoms with van der Waals surface area (Å²) in [5.74, 6) is 0.404. The van der Waals surface area contributed by atoms with Crippen LogP contribution in [0.25, 0.3) is 0 Å². The predicted octanol–water partition coefficient (Wildman–Crippen LogP) is 4.40. The first-order valence-electron chi connectivity index (χ1n) is 8.60. The molecule has 0 saturated heterocycles. The van der Waals surface area contributed by atoms with Crippen molar-refractivity contribution >= 4 is 0 Å². The summed E-state index contributed by atoms with van der Waals surface area (Å²) in [4.78, 5) is 2.60. The maximum atomic E-state index is 7.04. The van der Waals surface area contributed by atoms with E-state index in [4.69, 9.17) is 5.73 Å². The van der Waals surface area contributed by atoms with E-state index in [2.05, 4.69) is 69.9 Å². The number of hydrogen-bond acceptors (Lipinski definition) is 2. The largest absolute Gasteiger partial charge is 0.320 e. The third-order valence-electron chi connectivity index (χ3n) is 4.63. The molecule has 120 valence electrons. The minimum absolute atomic E-state index is 0.291. The highest BCUT2D eigenvalue weighted by Crippen LogP contribution is 2.35. The van der Waals surface area contributed by atoms with Gasteiger partial charge in [0.25, 0.3) is 0 Å². The van der Waals surface area contributed by atoms with Crippen LogP contribution in [0.5, 0.6) is 0 Å². The van der Waals surface area contributed by atoms with Gasteiger partial charge in [0.1, 0.15) is 0 Å². The van der Waals surface area contributed by atoms with Crippen LogP contribution in [0, 0.1) is 5.92 Å². The zero-order chi connectivity index (χ0) is 15.9. The summed E-state index contributed by atoms with van der Waals surface area (Å²) in [5.41, 5.74) is 8.01. The van der Waals surface area contributed by atoms with Crippen LogP contribution in [0.4, 0.5) is 0 Å². The molecule has 2 unspecified atom stereocenters. The maximum Gasteiger partial charge on any atom is 0.0590 e. The summed E-state index contributed by atoms with van der Waals surface area (Å²) in [6, 6.07) is 11.1. The second-order valence-electron chi connectivity index (χ2n) is 6.41. The maximum absolute atomic E-state index is 7.04. The smallest absolute Gasteiger partial charge is 0.0590 e. The van der Waals surface area contributed by atoms with Crippen LogP contribution >= 0.6 is 0 Å². The van der Waals surface area contributed by atoms with E-state index in [9.17, 15) is 0 Å². The monoisotopic (exact) mass is 290 g/mol. The van der Waals surface area contributed by atoms with Crippen LogP contribution in [-0.2, 0) is 5.54 Å². The van der Waals surface area contributed by atoms with Gasteiger partial charge in [0, 0.05) is 6.04 Å². The summed E-state index contributed by atoms with van der Waals surface area (Å²) in [6.45, 7) is 13.6. The second-order valence-corrected chi connectivity index (χ2v) is 6.41. The number of rotatable bonds is 9. The molecule has 0 aromatic heterocycles. The van der Waals surface area contributed by atoms with E-state index in [-0.39, 0.29) is 5.54 Å². The van der Waals surface area contributed by atoms with E-state index in [1.54, 1.807) is 0 Å². The van der Waals surface area contributed by atoms with Gasteiger partial charge in [-0.15, -0.1) is 0 Å². The molecule has 0 saturated carbocycles. The van der Waals surface area contributed by atoms with Gasteiger partial charge in [-0.1, -0.05) is 65.0 Å². The van der Waals surface area contributed by atoms with Crippen LogP contribution in [0.15, 0.2) is 30.3 Å². The van der Waals surface area contributed by atoms with Gasteiger partial charge < -0.3 is 5.73 Å². The molecule has 1 aromatic rings. The molecular formula is C19H34N2. The van der Waals surface area contributed by atoms with Gasteiger partial charge in [0.15, 0.2) is 0 Å². The highest BCUT2D eigenvalue weighted by Gasteiger charge is 2.41. The lowest BCUT2D eigenvalue weighted by molar-refractivity contribution is 0.0831. The average Bonchev–Trinajstić information content (AvgIpc) is 2.48. The number of nitrogens with two attached hydrogens (primary N) is 1. The van der Waals surface area contributed by atoms with Crippen molar-refractivity contribution in [1.29, 1.82) is 0 Å². The number of benzene rings is 1. The van der Waals surface area contributed by atoms with Gasteiger partial charge in [-0.05, 0) is 43.8 Å². The fourth-order valence-corrected chi connectivity index (χ4v) is 3.53. The Balaban J connectivity index is 3.21. The Hall–Kier alpha value is -0.860. The molecule has 0 spiro atoms. The van der Waals surface area contributed by atoms with Gasteiger partial charge >= 0.3 is 0 Å². The molecule has 2 nitrogen and oxygen atoms in total. The van der Waals surface area contributed by atoms with Gasteiger partial charge in [-0.25, -0.2) is 0 Å². The third kappa shape index (κ3) is 4.08. The van der Waals surface area contributed by atoms with Crippen LogP contribution in [-0.4, -0.2) is 24.0 Å². The second kappa shape index (κ2) is 8.55. The predicted molar refractivity (Wildman–Crippen MR) is 93.4 cm³/mol. The lowest BCUT2D eigenvalue weighted by atomic mass is 9.73. The molecular weight excluding hydrogens is 256 g/mol. The van der Waals surface area contributed by atoms with Crippen molar-refractivity contribution in [1.82, 2.24) is 4.90 Å². The van der Waals surface area contributed by atoms with Crippen molar-refractivity contribution < 1.29 is 0 Å². The number of nitrogens with zero attached hydrogens (tertiary/aromatic N) is 1. The molecule has 0 heterocycles. The first-order valence-corrected chi connectivity index (χ1v) is 8.60. The van der Waals surface area contributed by atoms with Crippen molar-refractivity contribution in [2.75, 3.05) is 13.1 Å². The summed E-state index contributed by atoms with van der Waals surface area (Å²) in [5, 5.41) is 0. The van der Waals surface area contributed by atoms with Crippen molar-refractivity contribution in [3.05, 3.63) is 35.9 Å². The lowest BCUT2D eigenvalue weighted by Gasteiger charge is -2.47. The van der Waals surface area contributed by atoms with Crippen molar-refractivity contribution in [3.8, 4) is 0 Å². The van der Waals surface area contributed by atoms with E-state index in [1.807, 2.05) is 0 Å². The van der Waals surface area contributed by atoms with Crippen molar-refractivity contribution in [2.45, 2.75) is 65.5 Å². The van der Waals surface area contributed by atoms with E-state index in [0.29, 0.717) is 12.0 Å². The Morgan fingerprint density at radius 2 is 1.52 bits per heavy atom. The van der Waals surface area contributed by atoms with Gasteiger partial charge in [-0.3, -0.25) is 4.90 Å². The summed E-state index contributed by atoms with van der Waals surface area (Å²) in [6.07, 6.45) is 3.45. The first kappa shape index (κ1) is 18.2. The highest BCUT2D eigenvalue weighted by molar-refractivity contribution is 5.27. The van der Waals surface area contributed by atoms with E-state index < -0.39 is 0 Å². The van der Waals surface area contributed by atoms with E-state index in [0.717, 1.165) is 19.5 Å². The molecule has 1 rings (SSSR count). The van der Waals surface area contributed by atoms with Crippen molar-refractivity contribution in [2.24, 2.45) is 11.7 Å².